The van der Waals surface area contributed by atoms with E-state index < -0.39 is 6.10 Å². The van der Waals surface area contributed by atoms with E-state index in [1.54, 1.807) is 13.0 Å². The van der Waals surface area contributed by atoms with Crippen LogP contribution in [-0.4, -0.2) is 11.7 Å². The number of aliphatic hydroxyl groups excluding tert-OH is 1. The molecule has 1 aromatic rings. The Bertz CT molecular complexity index is 279. The van der Waals surface area contributed by atoms with Gasteiger partial charge in [0.2, 0.25) is 0 Å². The molecule has 1 atom stereocenters. The normalized spacial score (nSPS) is 12.2. The first-order chi connectivity index (χ1) is 6.25. The standard InChI is InChI=1S/C11H14O2/c1-3-8-13-11-7-5-4-6-10(11)9(2)12/h3-7,9,12H,1,8H2,2H3/t9-/m0/s1. The molecule has 0 bridgehead atoms. The molecule has 13 heavy (non-hydrogen) atoms. The van der Waals surface area contributed by atoms with E-state index in [2.05, 4.69) is 6.58 Å². The zero-order chi connectivity index (χ0) is 9.68. The van der Waals surface area contributed by atoms with Gasteiger partial charge in [0.15, 0.2) is 0 Å². The maximum Gasteiger partial charge on any atom is 0.125 e. The lowest BCUT2D eigenvalue weighted by Gasteiger charge is -2.11. The van der Waals surface area contributed by atoms with Crippen LogP contribution in [0.3, 0.4) is 0 Å². The molecule has 0 aliphatic rings. The van der Waals surface area contributed by atoms with Crippen LogP contribution in [0.4, 0.5) is 0 Å². The van der Waals surface area contributed by atoms with Crippen LogP contribution < -0.4 is 4.74 Å². The van der Waals surface area contributed by atoms with E-state index in [0.29, 0.717) is 6.61 Å². The summed E-state index contributed by atoms with van der Waals surface area (Å²) in [6.45, 7) is 5.74. The molecule has 2 heteroatoms. The number of para-hydroxylation sites is 1. The van der Waals surface area contributed by atoms with E-state index in [-0.39, 0.29) is 0 Å². The zero-order valence-corrected chi connectivity index (χ0v) is 7.73. The maximum absolute atomic E-state index is 9.40. The zero-order valence-electron chi connectivity index (χ0n) is 7.73. The van der Waals surface area contributed by atoms with Crippen LogP contribution in [-0.2, 0) is 0 Å². The second kappa shape index (κ2) is 4.67. The Morgan fingerprint density at radius 3 is 2.85 bits per heavy atom. The monoisotopic (exact) mass is 178 g/mol. The van der Waals surface area contributed by atoms with E-state index >= 15 is 0 Å². The lowest BCUT2D eigenvalue weighted by Crippen LogP contribution is -1.99. The average Bonchev–Trinajstić information content (AvgIpc) is 2.15. The van der Waals surface area contributed by atoms with Crippen LogP contribution >= 0.6 is 0 Å². The molecule has 0 radical (unpaired) electrons. The number of rotatable bonds is 4. The summed E-state index contributed by atoms with van der Waals surface area (Å²) in [5.41, 5.74) is 0.810. The summed E-state index contributed by atoms with van der Waals surface area (Å²) in [7, 11) is 0. The van der Waals surface area contributed by atoms with Gasteiger partial charge in [0.25, 0.3) is 0 Å². The van der Waals surface area contributed by atoms with Gasteiger partial charge in [0, 0.05) is 5.56 Å². The van der Waals surface area contributed by atoms with E-state index in [1.807, 2.05) is 24.3 Å². The fraction of sp³-hybridized carbons (Fsp3) is 0.273. The molecule has 0 amide bonds. The van der Waals surface area contributed by atoms with Crippen LogP contribution in [0.2, 0.25) is 0 Å². The van der Waals surface area contributed by atoms with Gasteiger partial charge >= 0.3 is 0 Å². The topological polar surface area (TPSA) is 29.5 Å². The Labute approximate surface area is 78.5 Å². The molecule has 0 aromatic heterocycles. The molecule has 0 aliphatic heterocycles. The minimum atomic E-state index is -0.499. The van der Waals surface area contributed by atoms with Crippen LogP contribution in [0.1, 0.15) is 18.6 Å². The molecular weight excluding hydrogens is 164 g/mol. The summed E-state index contributed by atoms with van der Waals surface area (Å²) in [6, 6.07) is 7.45. The van der Waals surface area contributed by atoms with Crippen LogP contribution in [0, 0.1) is 0 Å². The van der Waals surface area contributed by atoms with Crippen molar-refractivity contribution in [3.8, 4) is 5.75 Å². The fourth-order valence-corrected chi connectivity index (χ4v) is 1.11. The average molecular weight is 178 g/mol. The molecule has 0 aliphatic carbocycles. The van der Waals surface area contributed by atoms with Crippen molar-refractivity contribution in [2.75, 3.05) is 6.61 Å². The van der Waals surface area contributed by atoms with Gasteiger partial charge in [-0.3, -0.25) is 0 Å². The molecule has 1 N–H and O–H groups in total. The molecule has 0 saturated carbocycles. The quantitative estimate of drug-likeness (QED) is 0.717. The predicted molar refractivity (Wildman–Crippen MR) is 52.8 cm³/mol. The van der Waals surface area contributed by atoms with Gasteiger partial charge in [-0.15, -0.1) is 0 Å². The first kappa shape index (κ1) is 9.81. The molecule has 1 aromatic carbocycles. The summed E-state index contributed by atoms with van der Waals surface area (Å²) >= 11 is 0. The van der Waals surface area contributed by atoms with E-state index in [0.717, 1.165) is 11.3 Å². The molecule has 0 fully saturated rings. The third-order valence-corrected chi connectivity index (χ3v) is 1.73. The van der Waals surface area contributed by atoms with Crippen molar-refractivity contribution >= 4 is 0 Å². The van der Waals surface area contributed by atoms with Crippen molar-refractivity contribution in [3.05, 3.63) is 42.5 Å². The van der Waals surface area contributed by atoms with Crippen LogP contribution in [0.15, 0.2) is 36.9 Å². The number of aliphatic hydroxyl groups is 1. The summed E-state index contributed by atoms with van der Waals surface area (Å²) in [4.78, 5) is 0. The van der Waals surface area contributed by atoms with Crippen molar-refractivity contribution in [2.24, 2.45) is 0 Å². The van der Waals surface area contributed by atoms with Crippen molar-refractivity contribution in [1.29, 1.82) is 0 Å². The largest absolute Gasteiger partial charge is 0.489 e. The fourth-order valence-electron chi connectivity index (χ4n) is 1.11. The highest BCUT2D eigenvalue weighted by atomic mass is 16.5. The van der Waals surface area contributed by atoms with Crippen molar-refractivity contribution in [1.82, 2.24) is 0 Å². The molecule has 1 rings (SSSR count). The van der Waals surface area contributed by atoms with Gasteiger partial charge in [0.05, 0.1) is 6.10 Å². The Kier molecular flexibility index (Phi) is 3.53. The minimum Gasteiger partial charge on any atom is -0.489 e. The Morgan fingerprint density at radius 1 is 1.54 bits per heavy atom. The van der Waals surface area contributed by atoms with Crippen LogP contribution in [0.25, 0.3) is 0 Å². The molecular formula is C11H14O2. The summed E-state index contributed by atoms with van der Waals surface area (Å²) in [5.74, 6) is 0.720. The summed E-state index contributed by atoms with van der Waals surface area (Å²) < 4.78 is 5.37. The molecule has 0 heterocycles. The van der Waals surface area contributed by atoms with E-state index in [1.165, 1.54) is 0 Å². The summed E-state index contributed by atoms with van der Waals surface area (Å²) in [5, 5.41) is 9.40. The second-order valence-corrected chi connectivity index (χ2v) is 2.81. The lowest BCUT2D eigenvalue weighted by molar-refractivity contribution is 0.193. The van der Waals surface area contributed by atoms with Crippen molar-refractivity contribution in [3.63, 3.8) is 0 Å². The summed E-state index contributed by atoms with van der Waals surface area (Å²) in [6.07, 6.45) is 1.18. The molecule has 70 valence electrons. The first-order valence-corrected chi connectivity index (χ1v) is 4.26. The third kappa shape index (κ3) is 2.60. The highest BCUT2D eigenvalue weighted by molar-refractivity contribution is 5.34. The van der Waals surface area contributed by atoms with Gasteiger partial charge in [-0.05, 0) is 13.0 Å². The Balaban J connectivity index is 2.84. The Morgan fingerprint density at radius 2 is 2.23 bits per heavy atom. The number of hydrogen-bond acceptors (Lipinski definition) is 2. The van der Waals surface area contributed by atoms with E-state index in [4.69, 9.17) is 4.74 Å². The molecule has 0 unspecified atom stereocenters. The lowest BCUT2D eigenvalue weighted by atomic mass is 10.1. The Hall–Kier alpha value is -1.28. The highest BCUT2D eigenvalue weighted by Crippen LogP contribution is 2.24. The number of benzene rings is 1. The van der Waals surface area contributed by atoms with E-state index in [9.17, 15) is 5.11 Å². The van der Waals surface area contributed by atoms with Gasteiger partial charge in [-0.1, -0.05) is 30.9 Å². The highest BCUT2D eigenvalue weighted by Gasteiger charge is 2.06. The van der Waals surface area contributed by atoms with Gasteiger partial charge in [0.1, 0.15) is 12.4 Å². The second-order valence-electron chi connectivity index (χ2n) is 2.81. The van der Waals surface area contributed by atoms with Gasteiger partial charge in [-0.25, -0.2) is 0 Å². The first-order valence-electron chi connectivity index (χ1n) is 4.26. The smallest absolute Gasteiger partial charge is 0.125 e. The minimum absolute atomic E-state index is 0.462. The third-order valence-electron chi connectivity index (χ3n) is 1.73. The molecule has 2 nitrogen and oxygen atoms in total. The number of hydrogen-bond donors (Lipinski definition) is 1. The van der Waals surface area contributed by atoms with Crippen molar-refractivity contribution in [2.45, 2.75) is 13.0 Å². The predicted octanol–water partition coefficient (Wildman–Crippen LogP) is 2.30. The SMILES string of the molecule is C=CCOc1ccccc1[C@H](C)O. The molecule has 0 saturated heterocycles. The number of ether oxygens (including phenoxy) is 1. The van der Waals surface area contributed by atoms with Gasteiger partial charge < -0.3 is 9.84 Å². The maximum atomic E-state index is 9.40. The molecule has 0 spiro atoms. The van der Waals surface area contributed by atoms with Crippen LogP contribution in [0.5, 0.6) is 5.75 Å². The van der Waals surface area contributed by atoms with Gasteiger partial charge in [-0.2, -0.15) is 0 Å². The van der Waals surface area contributed by atoms with Crippen molar-refractivity contribution < 1.29 is 9.84 Å².